The number of ether oxygens (including phenoxy) is 1. The van der Waals surface area contributed by atoms with Gasteiger partial charge in [-0.1, -0.05) is 30.3 Å². The summed E-state index contributed by atoms with van der Waals surface area (Å²) < 4.78 is 19.6. The maximum Gasteiger partial charge on any atom is 0.339 e. The van der Waals surface area contributed by atoms with E-state index in [-0.39, 0.29) is 18.3 Å². The van der Waals surface area contributed by atoms with Crippen LogP contribution in [0.1, 0.15) is 32.0 Å². The van der Waals surface area contributed by atoms with Crippen LogP contribution in [0.5, 0.6) is 0 Å². The van der Waals surface area contributed by atoms with E-state index < -0.39 is 11.3 Å². The van der Waals surface area contributed by atoms with Gasteiger partial charge >= 0.3 is 5.97 Å². The van der Waals surface area contributed by atoms with Gasteiger partial charge in [0.15, 0.2) is 6.61 Å². The van der Waals surface area contributed by atoms with Crippen LogP contribution in [0.2, 0.25) is 0 Å². The fraction of sp³-hybridized carbons (Fsp3) is 0.261. The number of hydrogen-bond donors (Lipinski definition) is 0. The van der Waals surface area contributed by atoms with E-state index in [4.69, 9.17) is 4.74 Å². The minimum absolute atomic E-state index is 0.334. The lowest BCUT2D eigenvalue weighted by molar-refractivity contribution is -0.134. The van der Waals surface area contributed by atoms with Crippen molar-refractivity contribution in [3.63, 3.8) is 0 Å². The first-order valence-corrected chi connectivity index (χ1v) is 12.9. The number of thioether (sulfide) groups is 2. The highest BCUT2D eigenvalue weighted by molar-refractivity contribution is 7.99. The first-order valence-electron chi connectivity index (χ1n) is 9.98. The molecule has 4 rings (SSSR count). The molecule has 1 fully saturated rings. The van der Waals surface area contributed by atoms with Crippen molar-refractivity contribution in [1.29, 1.82) is 0 Å². The standard InChI is InChI=1S/C23H21FN2O3S3/c1-15-25-16(13-31-15)14-32-20-9-5-3-7-18(20)23(28)29-12-21(27)26-10-11-30-22(26)17-6-2-4-8-19(17)24/h2-9,13,22H,10-12,14H2,1H3. The van der Waals surface area contributed by atoms with Crippen LogP contribution < -0.4 is 0 Å². The molecule has 0 aliphatic carbocycles. The average Bonchev–Trinajstić information content (AvgIpc) is 3.45. The summed E-state index contributed by atoms with van der Waals surface area (Å²) in [7, 11) is 0. The van der Waals surface area contributed by atoms with Crippen molar-refractivity contribution in [1.82, 2.24) is 9.88 Å². The summed E-state index contributed by atoms with van der Waals surface area (Å²) in [6.45, 7) is 2.06. The zero-order chi connectivity index (χ0) is 22.5. The zero-order valence-electron chi connectivity index (χ0n) is 17.3. The van der Waals surface area contributed by atoms with Crippen molar-refractivity contribution in [3.8, 4) is 0 Å². The quantitative estimate of drug-likeness (QED) is 0.332. The average molecular weight is 489 g/mol. The third kappa shape index (κ3) is 5.33. The number of hydrogen-bond acceptors (Lipinski definition) is 7. The molecular weight excluding hydrogens is 467 g/mol. The van der Waals surface area contributed by atoms with E-state index in [0.717, 1.165) is 15.6 Å². The van der Waals surface area contributed by atoms with Crippen LogP contribution in [-0.2, 0) is 15.3 Å². The summed E-state index contributed by atoms with van der Waals surface area (Å²) in [6, 6.07) is 13.6. The Balaban J connectivity index is 1.38. The van der Waals surface area contributed by atoms with Gasteiger partial charge in [-0.2, -0.15) is 0 Å². The second-order valence-electron chi connectivity index (χ2n) is 7.05. The highest BCUT2D eigenvalue weighted by atomic mass is 32.2. The lowest BCUT2D eigenvalue weighted by Crippen LogP contribution is -2.34. The number of esters is 1. The van der Waals surface area contributed by atoms with Gasteiger partial charge < -0.3 is 9.64 Å². The molecule has 2 heterocycles. The Hall–Kier alpha value is -2.36. The number of rotatable bonds is 7. The third-order valence-corrected chi connectivity index (χ3v) is 8.03. The molecular formula is C23H21FN2O3S3. The number of halogens is 1. The molecule has 9 heteroatoms. The largest absolute Gasteiger partial charge is 0.452 e. The first-order chi connectivity index (χ1) is 15.5. The lowest BCUT2D eigenvalue weighted by Gasteiger charge is -2.24. The Labute approximate surface area is 198 Å². The lowest BCUT2D eigenvalue weighted by atomic mass is 10.2. The number of nitrogens with zero attached hydrogens (tertiary/aromatic N) is 2. The maximum absolute atomic E-state index is 14.2. The Morgan fingerprint density at radius 3 is 2.78 bits per heavy atom. The summed E-state index contributed by atoms with van der Waals surface area (Å²) in [6.07, 6.45) is 0. The van der Waals surface area contributed by atoms with Crippen LogP contribution in [0, 0.1) is 12.7 Å². The highest BCUT2D eigenvalue weighted by Crippen LogP contribution is 2.39. The fourth-order valence-electron chi connectivity index (χ4n) is 3.33. The molecule has 0 N–H and O–H groups in total. The van der Waals surface area contributed by atoms with Crippen molar-refractivity contribution < 1.29 is 18.7 Å². The molecule has 2 aromatic carbocycles. The first kappa shape index (κ1) is 22.8. The van der Waals surface area contributed by atoms with E-state index in [1.807, 2.05) is 24.4 Å². The predicted octanol–water partition coefficient (Wildman–Crippen LogP) is 5.31. The van der Waals surface area contributed by atoms with Crippen LogP contribution in [0.3, 0.4) is 0 Å². The molecule has 5 nitrogen and oxygen atoms in total. The van der Waals surface area contributed by atoms with Crippen LogP contribution in [-0.4, -0.2) is 40.7 Å². The van der Waals surface area contributed by atoms with E-state index in [0.29, 0.717) is 29.2 Å². The van der Waals surface area contributed by atoms with Gasteiger partial charge in [0.1, 0.15) is 11.2 Å². The molecule has 0 saturated carbocycles. The topological polar surface area (TPSA) is 59.5 Å². The number of benzene rings is 2. The van der Waals surface area contributed by atoms with Crippen molar-refractivity contribution >= 4 is 46.7 Å². The molecule has 166 valence electrons. The van der Waals surface area contributed by atoms with Crippen LogP contribution in [0.4, 0.5) is 4.39 Å². The van der Waals surface area contributed by atoms with Gasteiger partial charge in [0.25, 0.3) is 5.91 Å². The van der Waals surface area contributed by atoms with E-state index in [1.54, 1.807) is 46.6 Å². The second-order valence-corrected chi connectivity index (χ2v) is 10.3. The molecule has 1 atom stereocenters. The summed E-state index contributed by atoms with van der Waals surface area (Å²) in [5.41, 5.74) is 1.84. The molecule has 1 unspecified atom stereocenters. The number of carbonyl (C=O) groups is 2. The fourth-order valence-corrected chi connectivity index (χ4v) is 6.28. The molecule has 0 bridgehead atoms. The minimum Gasteiger partial charge on any atom is -0.452 e. The van der Waals surface area contributed by atoms with E-state index in [9.17, 15) is 14.0 Å². The zero-order valence-corrected chi connectivity index (χ0v) is 19.8. The monoisotopic (exact) mass is 488 g/mol. The highest BCUT2D eigenvalue weighted by Gasteiger charge is 2.32. The molecule has 3 aromatic rings. The van der Waals surface area contributed by atoms with Crippen LogP contribution >= 0.6 is 34.9 Å². The predicted molar refractivity (Wildman–Crippen MR) is 126 cm³/mol. The number of carbonyl (C=O) groups excluding carboxylic acids is 2. The number of aryl methyl sites for hydroxylation is 1. The van der Waals surface area contributed by atoms with Gasteiger partial charge in [-0.25, -0.2) is 14.2 Å². The molecule has 1 aliphatic heterocycles. The third-order valence-electron chi connectivity index (χ3n) is 4.86. The second kappa shape index (κ2) is 10.5. The molecule has 0 radical (unpaired) electrons. The molecule has 32 heavy (non-hydrogen) atoms. The van der Waals surface area contributed by atoms with Crippen molar-refractivity contribution in [3.05, 3.63) is 81.6 Å². The molecule has 1 aliphatic rings. The van der Waals surface area contributed by atoms with Gasteiger partial charge in [0.05, 0.1) is 16.3 Å². The Bertz CT molecular complexity index is 1120. The number of thiazole rings is 1. The normalized spacial score (nSPS) is 15.7. The molecule has 1 aromatic heterocycles. The number of amides is 1. The van der Waals surface area contributed by atoms with Gasteiger partial charge in [-0.3, -0.25) is 4.79 Å². The Morgan fingerprint density at radius 2 is 2.00 bits per heavy atom. The van der Waals surface area contributed by atoms with Gasteiger partial charge in [-0.15, -0.1) is 34.9 Å². The van der Waals surface area contributed by atoms with Crippen LogP contribution in [0.15, 0.2) is 58.8 Å². The van der Waals surface area contributed by atoms with E-state index in [2.05, 4.69) is 4.98 Å². The Kier molecular flexibility index (Phi) is 7.49. The van der Waals surface area contributed by atoms with E-state index in [1.165, 1.54) is 29.6 Å². The van der Waals surface area contributed by atoms with Crippen LogP contribution in [0.25, 0.3) is 0 Å². The van der Waals surface area contributed by atoms with Crippen molar-refractivity contribution in [2.75, 3.05) is 18.9 Å². The van der Waals surface area contributed by atoms with Crippen molar-refractivity contribution in [2.24, 2.45) is 0 Å². The summed E-state index contributed by atoms with van der Waals surface area (Å²) in [4.78, 5) is 32.3. The van der Waals surface area contributed by atoms with Gasteiger partial charge in [0, 0.05) is 33.9 Å². The maximum atomic E-state index is 14.2. The molecule has 1 amide bonds. The van der Waals surface area contributed by atoms with E-state index >= 15 is 0 Å². The summed E-state index contributed by atoms with van der Waals surface area (Å²) in [5.74, 6) is 0.116. The Morgan fingerprint density at radius 1 is 1.22 bits per heavy atom. The smallest absolute Gasteiger partial charge is 0.339 e. The molecule has 1 saturated heterocycles. The molecule has 0 spiro atoms. The SMILES string of the molecule is Cc1nc(CSc2ccccc2C(=O)OCC(=O)N2CCSC2c2ccccc2F)cs1. The number of aromatic nitrogens is 1. The minimum atomic E-state index is -0.551. The van der Waals surface area contributed by atoms with Gasteiger partial charge in [-0.05, 0) is 25.1 Å². The summed E-state index contributed by atoms with van der Waals surface area (Å²) >= 11 is 4.59. The summed E-state index contributed by atoms with van der Waals surface area (Å²) in [5, 5.41) is 2.59. The van der Waals surface area contributed by atoms with Gasteiger partial charge in [0.2, 0.25) is 0 Å². The van der Waals surface area contributed by atoms with Crippen molar-refractivity contribution in [2.45, 2.75) is 22.9 Å².